The summed E-state index contributed by atoms with van der Waals surface area (Å²) < 4.78 is 13.5. The maximum Gasteiger partial charge on any atom is 0.237 e. The summed E-state index contributed by atoms with van der Waals surface area (Å²) in [6.45, 7) is 6.68. The van der Waals surface area contributed by atoms with Crippen LogP contribution in [0.2, 0.25) is 0 Å². The Balaban J connectivity index is 1.11. The van der Waals surface area contributed by atoms with E-state index in [1.54, 1.807) is 12.1 Å². The molecule has 0 radical (unpaired) electrons. The van der Waals surface area contributed by atoms with Crippen LogP contribution in [0.25, 0.3) is 0 Å². The van der Waals surface area contributed by atoms with Gasteiger partial charge in [-0.2, -0.15) is 0 Å². The molecule has 3 fully saturated rings. The summed E-state index contributed by atoms with van der Waals surface area (Å²) in [5.41, 5.74) is 10.0. The number of fused-ring (bicyclic) bond motifs is 1. The summed E-state index contributed by atoms with van der Waals surface area (Å²) >= 11 is 0. The second-order valence-electron chi connectivity index (χ2n) is 16.9. The predicted octanol–water partition coefficient (Wildman–Crippen LogP) is 7.77. The summed E-state index contributed by atoms with van der Waals surface area (Å²) in [5, 5.41) is 18.8. The van der Waals surface area contributed by atoms with Gasteiger partial charge in [-0.05, 0) is 101 Å². The Morgan fingerprint density at radius 1 is 0.821 bits per heavy atom. The molecule has 11 heteroatoms. The zero-order valence-corrected chi connectivity index (χ0v) is 33.3. The van der Waals surface area contributed by atoms with Crippen LogP contribution < -0.4 is 21.7 Å². The van der Waals surface area contributed by atoms with Crippen LogP contribution >= 0.6 is 0 Å². The monoisotopic (exact) mass is 767 g/mol. The Labute approximate surface area is 332 Å². The van der Waals surface area contributed by atoms with Crippen LogP contribution in [-0.4, -0.2) is 58.0 Å². The Hall–Kier alpha value is -4.29. The summed E-state index contributed by atoms with van der Waals surface area (Å²) in [6, 6.07) is 22.8. The van der Waals surface area contributed by atoms with E-state index in [9.17, 15) is 19.5 Å². The van der Waals surface area contributed by atoms with Gasteiger partial charge >= 0.3 is 0 Å². The SMILES string of the molecule is CC(C)(C)NC(=O)[C@H]1CC[C@H]2CCCC[C@H]2N1C[C@H]1C[C@@H](c2ccc(CO)cc2)O[C@@H](c2cccc(NC(=O)CCCCCC(=O)Nc3ccccc3N)c2)O1. The molecule has 2 heterocycles. The van der Waals surface area contributed by atoms with Crippen molar-refractivity contribution in [3.8, 4) is 0 Å². The minimum absolute atomic E-state index is 0.0317. The molecule has 3 amide bonds. The van der Waals surface area contributed by atoms with Crippen LogP contribution in [0.1, 0.15) is 127 Å². The van der Waals surface area contributed by atoms with Gasteiger partial charge in [0.05, 0.1) is 36.2 Å². The smallest absolute Gasteiger partial charge is 0.237 e. The van der Waals surface area contributed by atoms with Crippen LogP contribution in [0.5, 0.6) is 0 Å². The molecule has 1 saturated carbocycles. The Bertz CT molecular complexity index is 1780. The van der Waals surface area contributed by atoms with Gasteiger partial charge < -0.3 is 36.3 Å². The fourth-order valence-electron chi connectivity index (χ4n) is 8.55. The number of amides is 3. The van der Waals surface area contributed by atoms with Gasteiger partial charge in [0.25, 0.3) is 0 Å². The molecule has 3 aliphatic rings. The number of carbonyl (C=O) groups is 3. The molecule has 0 spiro atoms. The normalized spacial score (nSPS) is 24.1. The maximum absolute atomic E-state index is 13.8. The van der Waals surface area contributed by atoms with Gasteiger partial charge in [0.2, 0.25) is 17.7 Å². The van der Waals surface area contributed by atoms with E-state index in [-0.39, 0.29) is 48.1 Å². The first-order valence-corrected chi connectivity index (χ1v) is 20.6. The van der Waals surface area contributed by atoms with Gasteiger partial charge in [-0.25, -0.2) is 0 Å². The van der Waals surface area contributed by atoms with Gasteiger partial charge in [-0.15, -0.1) is 0 Å². The number of para-hydroxylation sites is 2. The Morgan fingerprint density at radius 3 is 2.29 bits per heavy atom. The highest BCUT2D eigenvalue weighted by Crippen LogP contribution is 2.42. The third kappa shape index (κ3) is 11.4. The highest BCUT2D eigenvalue weighted by Gasteiger charge is 2.44. The van der Waals surface area contributed by atoms with Crippen molar-refractivity contribution in [1.82, 2.24) is 10.2 Å². The summed E-state index contributed by atoms with van der Waals surface area (Å²) in [6.07, 6.45) is 8.81. The molecule has 11 nitrogen and oxygen atoms in total. The number of hydrogen-bond donors (Lipinski definition) is 5. The average molecular weight is 768 g/mol. The van der Waals surface area contributed by atoms with Crippen molar-refractivity contribution in [2.75, 3.05) is 22.9 Å². The van der Waals surface area contributed by atoms with Gasteiger partial charge in [0.1, 0.15) is 0 Å². The molecule has 1 aliphatic carbocycles. The summed E-state index contributed by atoms with van der Waals surface area (Å²) in [4.78, 5) is 41.6. The number of nitrogens with zero attached hydrogens (tertiary/aromatic N) is 1. The zero-order chi connectivity index (χ0) is 39.7. The number of likely N-dealkylation sites (tertiary alicyclic amines) is 1. The summed E-state index contributed by atoms with van der Waals surface area (Å²) in [5.74, 6) is 0.478. The zero-order valence-electron chi connectivity index (χ0n) is 33.3. The topological polar surface area (TPSA) is 155 Å². The van der Waals surface area contributed by atoms with Crippen LogP contribution in [0.3, 0.4) is 0 Å². The van der Waals surface area contributed by atoms with E-state index in [0.717, 1.165) is 42.4 Å². The Kier molecular flexibility index (Phi) is 14.2. The number of rotatable bonds is 14. The van der Waals surface area contributed by atoms with Gasteiger partial charge in [-0.3, -0.25) is 19.3 Å². The molecule has 2 saturated heterocycles. The first-order valence-electron chi connectivity index (χ1n) is 20.6. The van der Waals surface area contributed by atoms with Gasteiger partial charge in [0.15, 0.2) is 6.29 Å². The molecule has 2 aliphatic heterocycles. The fourth-order valence-corrected chi connectivity index (χ4v) is 8.55. The predicted molar refractivity (Wildman–Crippen MR) is 219 cm³/mol. The molecule has 302 valence electrons. The molecule has 3 aromatic rings. The molecule has 6 rings (SSSR count). The van der Waals surface area contributed by atoms with E-state index in [1.807, 2.05) is 81.4 Å². The third-order valence-corrected chi connectivity index (χ3v) is 11.3. The molecular weight excluding hydrogens is 707 g/mol. The number of benzene rings is 3. The quantitative estimate of drug-likeness (QED) is 0.0824. The van der Waals surface area contributed by atoms with Crippen molar-refractivity contribution in [2.24, 2.45) is 5.92 Å². The number of aliphatic hydroxyl groups excluding tert-OH is 1. The van der Waals surface area contributed by atoms with Crippen molar-refractivity contribution in [3.05, 3.63) is 89.5 Å². The Morgan fingerprint density at radius 2 is 1.55 bits per heavy atom. The number of piperidine rings is 1. The number of anilines is 3. The molecule has 6 N–H and O–H groups in total. The molecule has 3 aromatic carbocycles. The minimum atomic E-state index is -0.695. The molecule has 0 bridgehead atoms. The van der Waals surface area contributed by atoms with E-state index in [4.69, 9.17) is 15.2 Å². The van der Waals surface area contributed by atoms with Crippen molar-refractivity contribution >= 4 is 34.8 Å². The van der Waals surface area contributed by atoms with Gasteiger partial charge in [0, 0.05) is 48.6 Å². The van der Waals surface area contributed by atoms with Gasteiger partial charge in [-0.1, -0.05) is 67.8 Å². The molecule has 0 aromatic heterocycles. The largest absolute Gasteiger partial charge is 0.397 e. The van der Waals surface area contributed by atoms with Crippen LogP contribution in [0.15, 0.2) is 72.8 Å². The highest BCUT2D eigenvalue weighted by atomic mass is 16.7. The fraction of sp³-hybridized carbons (Fsp3) is 0.533. The second-order valence-corrected chi connectivity index (χ2v) is 16.9. The van der Waals surface area contributed by atoms with E-state index < -0.39 is 6.29 Å². The van der Waals surface area contributed by atoms with Crippen molar-refractivity contribution in [3.63, 3.8) is 0 Å². The second kappa shape index (κ2) is 19.2. The number of nitrogen functional groups attached to an aromatic ring is 1. The van der Waals surface area contributed by atoms with Crippen LogP contribution in [0.4, 0.5) is 17.1 Å². The van der Waals surface area contributed by atoms with E-state index in [0.29, 0.717) is 67.7 Å². The van der Waals surface area contributed by atoms with Crippen molar-refractivity contribution in [1.29, 1.82) is 0 Å². The van der Waals surface area contributed by atoms with Crippen molar-refractivity contribution < 1.29 is 29.0 Å². The van der Waals surface area contributed by atoms with E-state index in [2.05, 4.69) is 20.9 Å². The lowest BCUT2D eigenvalue weighted by Gasteiger charge is -2.50. The number of nitrogens with one attached hydrogen (secondary N) is 3. The standard InChI is InChI=1S/C45H61N5O6/c1-45(2,3)49-43(54)39-25-24-31-12-7-10-17-38(31)50(39)28-35-27-40(32-22-20-30(29-51)21-23-32)56-44(55-35)33-13-11-14-34(26-33)47-41(52)18-5-4-6-19-42(53)48-37-16-9-8-15-36(37)46/h8-9,11,13-16,20-23,26,31,35,38-40,44,51H,4-7,10,12,17-19,24-25,27-29,46H2,1-3H3,(H,47,52)(H,48,53)(H,49,54)/t31-,35-,38-,39-,40+,44+/m1/s1. The van der Waals surface area contributed by atoms with Crippen LogP contribution in [0, 0.1) is 5.92 Å². The van der Waals surface area contributed by atoms with Crippen molar-refractivity contribution in [2.45, 2.75) is 141 Å². The number of unbranched alkanes of at least 4 members (excludes halogenated alkanes) is 2. The van der Waals surface area contributed by atoms with E-state index in [1.165, 1.54) is 19.3 Å². The maximum atomic E-state index is 13.8. The lowest BCUT2D eigenvalue weighted by molar-refractivity contribution is -0.255. The lowest BCUT2D eigenvalue weighted by atomic mass is 9.75. The lowest BCUT2D eigenvalue weighted by Crippen LogP contribution is -2.61. The third-order valence-electron chi connectivity index (χ3n) is 11.3. The first kappa shape index (κ1) is 41.3. The molecule has 0 unspecified atom stereocenters. The molecular formula is C45H61N5O6. The number of nitrogens with two attached hydrogens (primary N) is 1. The number of aliphatic hydroxyl groups is 1. The van der Waals surface area contributed by atoms with E-state index >= 15 is 0 Å². The average Bonchev–Trinajstić information content (AvgIpc) is 3.18. The number of hydrogen-bond acceptors (Lipinski definition) is 8. The summed E-state index contributed by atoms with van der Waals surface area (Å²) in [7, 11) is 0. The number of ether oxygens (including phenoxy) is 2. The first-order chi connectivity index (χ1) is 27.0. The molecule has 6 atom stereocenters. The minimum Gasteiger partial charge on any atom is -0.397 e. The number of carbonyl (C=O) groups excluding carboxylic acids is 3. The molecule has 56 heavy (non-hydrogen) atoms. The van der Waals surface area contributed by atoms with Crippen LogP contribution in [-0.2, 0) is 30.5 Å². The highest BCUT2D eigenvalue weighted by molar-refractivity contribution is 5.93.